The zero-order valence-electron chi connectivity index (χ0n) is 14.8. The van der Waals surface area contributed by atoms with Gasteiger partial charge in [-0.05, 0) is 46.0 Å². The summed E-state index contributed by atoms with van der Waals surface area (Å²) in [5.41, 5.74) is 1.63. The van der Waals surface area contributed by atoms with Crippen LogP contribution in [0.15, 0.2) is 30.5 Å². The molecule has 0 bridgehead atoms. The van der Waals surface area contributed by atoms with Crippen LogP contribution in [0, 0.1) is 0 Å². The molecule has 1 aromatic heterocycles. The molecule has 132 valence electrons. The molecule has 25 heavy (non-hydrogen) atoms. The monoisotopic (exact) mass is 341 g/mol. The van der Waals surface area contributed by atoms with Crippen LogP contribution < -0.4 is 10.1 Å². The Bertz CT molecular complexity index is 814. The second-order valence-electron chi connectivity index (χ2n) is 7.64. The molecule has 2 aromatic rings. The second-order valence-corrected chi connectivity index (χ2v) is 7.64. The first kappa shape index (κ1) is 16.1. The maximum atomic E-state index is 12.7. The molecule has 3 heterocycles. The van der Waals surface area contributed by atoms with Gasteiger partial charge in [-0.1, -0.05) is 12.1 Å². The number of aromatic nitrogens is 2. The number of benzene rings is 1. The van der Waals surface area contributed by atoms with Gasteiger partial charge in [-0.15, -0.1) is 0 Å². The third-order valence-corrected chi connectivity index (χ3v) is 4.69. The Morgan fingerprint density at radius 1 is 1.28 bits per heavy atom. The molecule has 0 aliphatic carbocycles. The van der Waals surface area contributed by atoms with E-state index in [0.29, 0.717) is 0 Å². The largest absolute Gasteiger partial charge is 0.482 e. The number of nitrogens with one attached hydrogen (secondary N) is 1. The molecule has 0 amide bonds. The maximum Gasteiger partial charge on any atom is 0.435 e. The van der Waals surface area contributed by atoms with Crippen LogP contribution in [0.2, 0.25) is 0 Å². The van der Waals surface area contributed by atoms with Gasteiger partial charge < -0.3 is 14.8 Å². The minimum Gasteiger partial charge on any atom is -0.482 e. The Labute approximate surface area is 147 Å². The quantitative estimate of drug-likeness (QED) is 0.796. The number of para-hydroxylation sites is 1. The van der Waals surface area contributed by atoms with Gasteiger partial charge >= 0.3 is 6.09 Å². The van der Waals surface area contributed by atoms with Crippen molar-refractivity contribution < 1.29 is 14.3 Å². The van der Waals surface area contributed by atoms with E-state index in [-0.39, 0.29) is 0 Å². The summed E-state index contributed by atoms with van der Waals surface area (Å²) in [5.74, 6) is 0.794. The second kappa shape index (κ2) is 5.59. The minimum absolute atomic E-state index is 0.435. The predicted octanol–water partition coefficient (Wildman–Crippen LogP) is 3.30. The molecule has 0 radical (unpaired) electrons. The number of nitrogens with zero attached hydrogens (tertiary/aromatic N) is 2. The highest BCUT2D eigenvalue weighted by Gasteiger charge is 2.45. The average Bonchev–Trinajstić information content (AvgIpc) is 3.01. The van der Waals surface area contributed by atoms with Gasteiger partial charge in [0.15, 0.2) is 0 Å². The number of piperidine rings is 1. The molecule has 6 heteroatoms. The lowest BCUT2D eigenvalue weighted by Gasteiger charge is -2.41. The number of hydrogen-bond acceptors (Lipinski definition) is 5. The molecule has 1 fully saturated rings. The van der Waals surface area contributed by atoms with Crippen LogP contribution in [0.25, 0.3) is 11.3 Å². The zero-order valence-corrected chi connectivity index (χ0v) is 14.8. The first-order valence-electron chi connectivity index (χ1n) is 8.71. The first-order valence-corrected chi connectivity index (χ1v) is 8.71. The first-order chi connectivity index (χ1) is 11.9. The highest BCUT2D eigenvalue weighted by Crippen LogP contribution is 2.48. The van der Waals surface area contributed by atoms with Gasteiger partial charge in [-0.3, -0.25) is 0 Å². The van der Waals surface area contributed by atoms with Crippen molar-refractivity contribution in [2.24, 2.45) is 0 Å². The van der Waals surface area contributed by atoms with Crippen molar-refractivity contribution in [3.63, 3.8) is 0 Å². The van der Waals surface area contributed by atoms with Gasteiger partial charge in [-0.2, -0.15) is 9.78 Å². The molecule has 2 aliphatic rings. The average molecular weight is 341 g/mol. The fourth-order valence-corrected chi connectivity index (χ4v) is 3.60. The van der Waals surface area contributed by atoms with Gasteiger partial charge in [-0.25, -0.2) is 4.79 Å². The molecule has 6 nitrogen and oxygen atoms in total. The lowest BCUT2D eigenvalue weighted by atomic mass is 9.81. The Morgan fingerprint density at radius 3 is 2.72 bits per heavy atom. The summed E-state index contributed by atoms with van der Waals surface area (Å²) in [5, 5.41) is 7.74. The molecule has 0 atom stereocenters. The van der Waals surface area contributed by atoms with E-state index in [1.165, 1.54) is 4.68 Å². The van der Waals surface area contributed by atoms with Gasteiger partial charge in [0.05, 0.1) is 11.9 Å². The van der Waals surface area contributed by atoms with Crippen LogP contribution >= 0.6 is 0 Å². The van der Waals surface area contributed by atoms with E-state index in [4.69, 9.17) is 9.47 Å². The van der Waals surface area contributed by atoms with Crippen molar-refractivity contribution in [2.45, 2.75) is 44.8 Å². The van der Waals surface area contributed by atoms with E-state index in [1.807, 2.05) is 45.0 Å². The summed E-state index contributed by atoms with van der Waals surface area (Å²) < 4.78 is 13.4. The molecule has 0 unspecified atom stereocenters. The number of fused-ring (bicyclic) bond motifs is 4. The van der Waals surface area contributed by atoms with Crippen LogP contribution in [0.5, 0.6) is 5.75 Å². The third-order valence-electron chi connectivity index (χ3n) is 4.69. The Morgan fingerprint density at radius 2 is 2.00 bits per heavy atom. The van der Waals surface area contributed by atoms with Gasteiger partial charge in [0.25, 0.3) is 0 Å². The Kier molecular flexibility index (Phi) is 3.61. The van der Waals surface area contributed by atoms with Crippen LogP contribution in [-0.4, -0.2) is 34.6 Å². The number of hydrogen-bond donors (Lipinski definition) is 1. The summed E-state index contributed by atoms with van der Waals surface area (Å²) in [7, 11) is 0. The van der Waals surface area contributed by atoms with Crippen molar-refractivity contribution >= 4 is 6.09 Å². The standard InChI is InChI=1S/C19H23N3O3/c1-18(2,3)25-17(23)22-16-13-6-4-5-7-15(13)24-19(14(16)12-21-22)8-10-20-11-9-19/h4-7,12,20H,8-11H2,1-3H3. The Balaban J connectivity index is 1.86. The van der Waals surface area contributed by atoms with Gasteiger partial charge in [0.1, 0.15) is 17.0 Å². The van der Waals surface area contributed by atoms with Gasteiger partial charge in [0.2, 0.25) is 0 Å². The van der Waals surface area contributed by atoms with Crippen LogP contribution in [0.1, 0.15) is 39.2 Å². The van der Waals surface area contributed by atoms with Crippen molar-refractivity contribution in [1.82, 2.24) is 15.1 Å². The molecule has 1 spiro atoms. The van der Waals surface area contributed by atoms with E-state index in [1.54, 1.807) is 6.20 Å². The van der Waals surface area contributed by atoms with Crippen molar-refractivity contribution in [3.8, 4) is 17.0 Å². The third kappa shape index (κ3) is 2.70. The van der Waals surface area contributed by atoms with Crippen LogP contribution in [0.3, 0.4) is 0 Å². The van der Waals surface area contributed by atoms with Crippen LogP contribution in [0.4, 0.5) is 4.79 Å². The fraction of sp³-hybridized carbons (Fsp3) is 0.474. The summed E-state index contributed by atoms with van der Waals surface area (Å²) in [6, 6.07) is 7.81. The molecule has 4 rings (SSSR count). The van der Waals surface area contributed by atoms with E-state index >= 15 is 0 Å². The molecular weight excluding hydrogens is 318 g/mol. The smallest absolute Gasteiger partial charge is 0.435 e. The van der Waals surface area contributed by atoms with Crippen LogP contribution in [-0.2, 0) is 10.3 Å². The Hall–Kier alpha value is -2.34. The number of rotatable bonds is 0. The lowest BCUT2D eigenvalue weighted by Crippen LogP contribution is -2.45. The highest BCUT2D eigenvalue weighted by molar-refractivity contribution is 5.82. The normalized spacial score (nSPS) is 18.2. The summed E-state index contributed by atoms with van der Waals surface area (Å²) in [6.45, 7) is 7.31. The van der Waals surface area contributed by atoms with E-state index in [9.17, 15) is 4.79 Å². The van der Waals surface area contributed by atoms with Crippen molar-refractivity contribution in [3.05, 3.63) is 36.0 Å². The van der Waals surface area contributed by atoms with Crippen molar-refractivity contribution in [2.75, 3.05) is 13.1 Å². The molecule has 1 aromatic carbocycles. The van der Waals surface area contributed by atoms with Gasteiger partial charge in [0, 0.05) is 24.0 Å². The molecule has 0 saturated carbocycles. The maximum absolute atomic E-state index is 12.7. The molecule has 1 N–H and O–H groups in total. The summed E-state index contributed by atoms with van der Waals surface area (Å²) in [4.78, 5) is 12.7. The topological polar surface area (TPSA) is 65.4 Å². The number of ether oxygens (including phenoxy) is 2. The summed E-state index contributed by atoms with van der Waals surface area (Å²) in [6.07, 6.45) is 2.98. The SMILES string of the molecule is CC(C)(C)OC(=O)n1ncc2c1-c1ccccc1OC21CCNCC1. The molecule has 2 aliphatic heterocycles. The highest BCUT2D eigenvalue weighted by atomic mass is 16.6. The molecule has 1 saturated heterocycles. The zero-order chi connectivity index (χ0) is 17.7. The van der Waals surface area contributed by atoms with E-state index in [2.05, 4.69) is 10.4 Å². The molecular formula is C19H23N3O3. The van der Waals surface area contributed by atoms with Crippen molar-refractivity contribution in [1.29, 1.82) is 0 Å². The predicted molar refractivity (Wildman–Crippen MR) is 93.7 cm³/mol. The van der Waals surface area contributed by atoms with E-state index in [0.717, 1.165) is 48.5 Å². The number of carbonyl (C=O) groups is 1. The summed E-state index contributed by atoms with van der Waals surface area (Å²) >= 11 is 0. The lowest BCUT2D eigenvalue weighted by molar-refractivity contribution is 0.0302. The fourth-order valence-electron chi connectivity index (χ4n) is 3.60. The van der Waals surface area contributed by atoms with E-state index < -0.39 is 17.3 Å². The minimum atomic E-state index is -0.576. The number of carbonyl (C=O) groups excluding carboxylic acids is 1.